The molecule has 0 radical (unpaired) electrons. The maximum absolute atomic E-state index is 5.94. The molecule has 0 aliphatic carbocycles. The fraction of sp³-hybridized carbons (Fsp3) is 1.00. The lowest BCUT2D eigenvalue weighted by molar-refractivity contribution is -0.0659. The van der Waals surface area contributed by atoms with Gasteiger partial charge in [-0.05, 0) is 54.4 Å². The van der Waals surface area contributed by atoms with E-state index >= 15 is 0 Å². The maximum Gasteiger partial charge on any atom is 0.0707 e. The van der Waals surface area contributed by atoms with Gasteiger partial charge >= 0.3 is 0 Å². The van der Waals surface area contributed by atoms with Crippen molar-refractivity contribution >= 4 is 0 Å². The largest absolute Gasteiger partial charge is 0.376 e. The van der Waals surface area contributed by atoms with E-state index in [1.165, 1.54) is 0 Å². The maximum atomic E-state index is 5.94. The molecule has 18 heavy (non-hydrogen) atoms. The molecule has 0 spiro atoms. The van der Waals surface area contributed by atoms with Gasteiger partial charge in [-0.3, -0.25) is 0 Å². The lowest BCUT2D eigenvalue weighted by Crippen LogP contribution is -2.37. The zero-order valence-electron chi connectivity index (χ0n) is 13.0. The Morgan fingerprint density at radius 3 is 2.00 bits per heavy atom. The van der Waals surface area contributed by atoms with Crippen LogP contribution >= 0.6 is 0 Å². The Bertz CT molecular complexity index is 222. The predicted octanol–water partition coefficient (Wildman–Crippen LogP) is 2.05. The Balaban J connectivity index is 3.73. The van der Waals surface area contributed by atoms with E-state index in [4.69, 9.17) is 20.9 Å². The van der Waals surface area contributed by atoms with Crippen molar-refractivity contribution in [2.45, 2.75) is 77.7 Å². The van der Waals surface area contributed by atoms with Gasteiger partial charge in [0.25, 0.3) is 0 Å². The van der Waals surface area contributed by atoms with Crippen LogP contribution < -0.4 is 11.5 Å². The molecule has 0 aliphatic rings. The lowest BCUT2D eigenvalue weighted by Gasteiger charge is -2.28. The molecule has 4 nitrogen and oxygen atoms in total. The molecule has 0 aromatic rings. The minimum atomic E-state index is -0.187. The van der Waals surface area contributed by atoms with Crippen LogP contribution in [0, 0.1) is 0 Å². The van der Waals surface area contributed by atoms with Crippen molar-refractivity contribution in [1.29, 1.82) is 0 Å². The Kier molecular flexibility index (Phi) is 7.37. The van der Waals surface area contributed by atoms with Gasteiger partial charge in [0, 0.05) is 11.6 Å². The molecule has 0 aromatic carbocycles. The average molecular weight is 260 g/mol. The van der Waals surface area contributed by atoms with Crippen molar-refractivity contribution in [2.24, 2.45) is 11.5 Å². The van der Waals surface area contributed by atoms with Crippen molar-refractivity contribution < 1.29 is 9.47 Å². The van der Waals surface area contributed by atoms with E-state index in [1.54, 1.807) is 0 Å². The molecule has 4 N–H and O–H groups in total. The molecule has 2 atom stereocenters. The molecular weight excluding hydrogens is 228 g/mol. The number of hydrogen-bond acceptors (Lipinski definition) is 4. The van der Waals surface area contributed by atoms with Crippen LogP contribution in [-0.2, 0) is 9.47 Å². The van der Waals surface area contributed by atoms with Crippen molar-refractivity contribution in [3.8, 4) is 0 Å². The number of rotatable bonds is 9. The highest BCUT2D eigenvalue weighted by molar-refractivity contribution is 4.75. The normalized spacial score (nSPS) is 16.7. The summed E-state index contributed by atoms with van der Waals surface area (Å²) in [5.74, 6) is 0. The van der Waals surface area contributed by atoms with Gasteiger partial charge < -0.3 is 20.9 Å². The minimum absolute atomic E-state index is 0.151. The summed E-state index contributed by atoms with van der Waals surface area (Å²) in [6, 6.07) is 0.151. The summed E-state index contributed by atoms with van der Waals surface area (Å²) in [5, 5.41) is 0. The summed E-state index contributed by atoms with van der Waals surface area (Å²) in [6.45, 7) is 13.4. The third-order valence-electron chi connectivity index (χ3n) is 2.61. The molecule has 0 saturated heterocycles. The van der Waals surface area contributed by atoms with Crippen LogP contribution in [0.2, 0.25) is 0 Å². The van der Waals surface area contributed by atoms with Gasteiger partial charge in [-0.1, -0.05) is 0 Å². The average Bonchev–Trinajstić information content (AvgIpc) is 2.07. The Morgan fingerprint density at radius 2 is 1.56 bits per heavy atom. The molecule has 110 valence electrons. The van der Waals surface area contributed by atoms with Crippen LogP contribution in [0.5, 0.6) is 0 Å². The van der Waals surface area contributed by atoms with Gasteiger partial charge in [-0.25, -0.2) is 0 Å². The Labute approximate surface area is 112 Å². The van der Waals surface area contributed by atoms with Gasteiger partial charge in [0.1, 0.15) is 0 Å². The van der Waals surface area contributed by atoms with Crippen LogP contribution in [0.15, 0.2) is 0 Å². The summed E-state index contributed by atoms with van der Waals surface area (Å²) in [6.07, 6.45) is 1.85. The third kappa shape index (κ3) is 11.0. The lowest BCUT2D eigenvalue weighted by atomic mass is 9.99. The van der Waals surface area contributed by atoms with Gasteiger partial charge in [-0.2, -0.15) is 0 Å². The second-order valence-corrected chi connectivity index (χ2v) is 6.66. The van der Waals surface area contributed by atoms with Gasteiger partial charge in [0.05, 0.1) is 24.9 Å². The Hall–Kier alpha value is -0.160. The number of hydrogen-bond donors (Lipinski definition) is 2. The van der Waals surface area contributed by atoms with Crippen LogP contribution in [0.1, 0.15) is 54.4 Å². The summed E-state index contributed by atoms with van der Waals surface area (Å²) >= 11 is 0. The highest BCUT2D eigenvalue weighted by Crippen LogP contribution is 2.16. The van der Waals surface area contributed by atoms with Crippen molar-refractivity contribution in [2.75, 3.05) is 13.2 Å². The molecule has 0 fully saturated rings. The van der Waals surface area contributed by atoms with Crippen molar-refractivity contribution in [3.63, 3.8) is 0 Å². The first-order valence-corrected chi connectivity index (χ1v) is 6.82. The first-order chi connectivity index (χ1) is 8.02. The minimum Gasteiger partial charge on any atom is -0.376 e. The summed E-state index contributed by atoms with van der Waals surface area (Å²) in [5.41, 5.74) is 11.3. The topological polar surface area (TPSA) is 70.5 Å². The predicted molar refractivity (Wildman–Crippen MR) is 76.6 cm³/mol. The van der Waals surface area contributed by atoms with Gasteiger partial charge in [0.15, 0.2) is 0 Å². The van der Waals surface area contributed by atoms with E-state index in [1.807, 2.05) is 27.7 Å². The standard InChI is InChI=1S/C14H32N2O2/c1-11(15)9-14(5,6)18-8-7-17-12(2)10-13(3,4)16/h11-12H,7-10,15-16H2,1-6H3. The SMILES string of the molecule is CC(N)CC(C)(C)OCCOC(C)CC(C)(C)N. The van der Waals surface area contributed by atoms with Crippen molar-refractivity contribution in [3.05, 3.63) is 0 Å². The first-order valence-electron chi connectivity index (χ1n) is 6.82. The second-order valence-electron chi connectivity index (χ2n) is 6.66. The zero-order chi connectivity index (χ0) is 14.4. The van der Waals surface area contributed by atoms with Crippen LogP contribution in [0.3, 0.4) is 0 Å². The van der Waals surface area contributed by atoms with Gasteiger partial charge in [0.2, 0.25) is 0 Å². The summed E-state index contributed by atoms with van der Waals surface area (Å²) < 4.78 is 11.5. The molecular formula is C14H32N2O2. The highest BCUT2D eigenvalue weighted by Gasteiger charge is 2.20. The van der Waals surface area contributed by atoms with Crippen LogP contribution in [0.25, 0.3) is 0 Å². The third-order valence-corrected chi connectivity index (χ3v) is 2.61. The number of nitrogens with two attached hydrogens (primary N) is 2. The fourth-order valence-electron chi connectivity index (χ4n) is 2.20. The molecule has 0 amide bonds. The summed E-state index contributed by atoms with van der Waals surface area (Å²) in [7, 11) is 0. The van der Waals surface area contributed by atoms with Crippen LogP contribution in [0.4, 0.5) is 0 Å². The highest BCUT2D eigenvalue weighted by atomic mass is 16.5. The quantitative estimate of drug-likeness (QED) is 0.622. The first kappa shape index (κ1) is 17.8. The molecule has 0 bridgehead atoms. The number of ether oxygens (including phenoxy) is 2. The van der Waals surface area contributed by atoms with Crippen LogP contribution in [-0.4, -0.2) is 36.5 Å². The van der Waals surface area contributed by atoms with Crippen molar-refractivity contribution in [1.82, 2.24) is 0 Å². The molecule has 0 saturated carbocycles. The van der Waals surface area contributed by atoms with Gasteiger partial charge in [-0.15, -0.1) is 0 Å². The van der Waals surface area contributed by atoms with E-state index in [-0.39, 0.29) is 23.3 Å². The van der Waals surface area contributed by atoms with E-state index in [2.05, 4.69) is 13.8 Å². The zero-order valence-corrected chi connectivity index (χ0v) is 13.0. The molecule has 0 aromatic heterocycles. The van der Waals surface area contributed by atoms with E-state index < -0.39 is 0 Å². The molecule has 0 heterocycles. The molecule has 4 heteroatoms. The fourth-order valence-corrected chi connectivity index (χ4v) is 2.20. The molecule has 0 rings (SSSR count). The van der Waals surface area contributed by atoms with E-state index in [0.717, 1.165) is 12.8 Å². The molecule has 2 unspecified atom stereocenters. The smallest absolute Gasteiger partial charge is 0.0707 e. The Morgan fingerprint density at radius 1 is 1.00 bits per heavy atom. The van der Waals surface area contributed by atoms with E-state index in [9.17, 15) is 0 Å². The molecule has 0 aliphatic heterocycles. The monoisotopic (exact) mass is 260 g/mol. The van der Waals surface area contributed by atoms with E-state index in [0.29, 0.717) is 13.2 Å². The summed E-state index contributed by atoms with van der Waals surface area (Å²) in [4.78, 5) is 0. The second kappa shape index (κ2) is 7.43.